The van der Waals surface area contributed by atoms with Gasteiger partial charge in [-0.1, -0.05) is 11.3 Å². The second kappa shape index (κ2) is 8.28. The molecule has 2 aliphatic heterocycles. The zero-order valence-electron chi connectivity index (χ0n) is 13.7. The Bertz CT molecular complexity index is 554. The number of alkyl halides is 3. The second-order valence-electron chi connectivity index (χ2n) is 5.99. The molecule has 7 nitrogen and oxygen atoms in total. The number of carboxylic acid groups (broad SMARTS) is 1. The van der Waals surface area contributed by atoms with Crippen molar-refractivity contribution in [2.24, 2.45) is 5.41 Å². The molecule has 0 amide bonds. The van der Waals surface area contributed by atoms with Gasteiger partial charge in [-0.3, -0.25) is 0 Å². The van der Waals surface area contributed by atoms with Crippen molar-refractivity contribution in [1.29, 1.82) is 0 Å². The minimum absolute atomic E-state index is 0.136. The maximum atomic E-state index is 10.6. The van der Waals surface area contributed by atoms with E-state index in [1.165, 1.54) is 6.42 Å². The molecule has 25 heavy (non-hydrogen) atoms. The Balaban J connectivity index is 0.000000277. The van der Waals surface area contributed by atoms with Crippen molar-refractivity contribution in [1.82, 2.24) is 10.2 Å². The molecule has 3 rings (SSSR count). The van der Waals surface area contributed by atoms with Crippen LogP contribution >= 0.6 is 11.3 Å². The van der Waals surface area contributed by atoms with E-state index in [0.717, 1.165) is 44.3 Å². The number of halogens is 3. The molecule has 1 N–H and O–H groups in total. The first-order chi connectivity index (χ1) is 11.8. The van der Waals surface area contributed by atoms with Gasteiger partial charge in [-0.15, -0.1) is 10.2 Å². The summed E-state index contributed by atoms with van der Waals surface area (Å²) in [6.45, 7) is 3.65. The van der Waals surface area contributed by atoms with Crippen LogP contribution in [0.1, 0.15) is 19.3 Å². The molecule has 142 valence electrons. The molecule has 0 spiro atoms. The summed E-state index contributed by atoms with van der Waals surface area (Å²) < 4.78 is 43.2. The number of aromatic nitrogens is 2. The summed E-state index contributed by atoms with van der Waals surface area (Å²) in [5.74, 6) is -2.76. The summed E-state index contributed by atoms with van der Waals surface area (Å²) in [5, 5.41) is 16.3. The van der Waals surface area contributed by atoms with E-state index in [2.05, 4.69) is 15.1 Å². The lowest BCUT2D eigenvalue weighted by Crippen LogP contribution is -2.57. The van der Waals surface area contributed by atoms with Gasteiger partial charge in [0.1, 0.15) is 5.51 Å². The lowest BCUT2D eigenvalue weighted by molar-refractivity contribution is -0.192. The highest BCUT2D eigenvalue weighted by Gasteiger charge is 2.46. The molecule has 2 fully saturated rings. The first-order valence-corrected chi connectivity index (χ1v) is 8.58. The smallest absolute Gasteiger partial charge is 0.475 e. The second-order valence-corrected chi connectivity index (χ2v) is 6.80. The summed E-state index contributed by atoms with van der Waals surface area (Å²) in [6.07, 6.45) is -1.37. The lowest BCUT2D eigenvalue weighted by Gasteiger charge is -2.50. The largest absolute Gasteiger partial charge is 0.490 e. The first kappa shape index (κ1) is 19.9. The third kappa shape index (κ3) is 5.02. The molecular formula is C14H20F3N3O4S. The van der Waals surface area contributed by atoms with Crippen LogP contribution in [-0.2, 0) is 14.3 Å². The van der Waals surface area contributed by atoms with Crippen molar-refractivity contribution >= 4 is 22.4 Å². The van der Waals surface area contributed by atoms with Crippen LogP contribution in [0.15, 0.2) is 5.51 Å². The van der Waals surface area contributed by atoms with Crippen molar-refractivity contribution in [3.63, 3.8) is 0 Å². The summed E-state index contributed by atoms with van der Waals surface area (Å²) in [4.78, 5) is 11.2. The predicted molar refractivity (Wildman–Crippen MR) is 83.7 cm³/mol. The number of aliphatic carboxylic acids is 1. The fourth-order valence-corrected chi connectivity index (χ4v) is 3.84. The van der Waals surface area contributed by atoms with Crippen molar-refractivity contribution in [3.8, 4) is 0 Å². The lowest BCUT2D eigenvalue weighted by atomic mass is 9.73. The summed E-state index contributed by atoms with van der Waals surface area (Å²) >= 11 is 1.61. The van der Waals surface area contributed by atoms with Crippen LogP contribution in [0.2, 0.25) is 0 Å². The molecule has 0 saturated carbocycles. The molecule has 2 unspecified atom stereocenters. The van der Waals surface area contributed by atoms with E-state index >= 15 is 0 Å². The van der Waals surface area contributed by atoms with Gasteiger partial charge in [0, 0.05) is 32.2 Å². The van der Waals surface area contributed by atoms with E-state index in [1.807, 2.05) is 0 Å². The summed E-state index contributed by atoms with van der Waals surface area (Å²) in [6, 6.07) is 0. The van der Waals surface area contributed by atoms with Gasteiger partial charge >= 0.3 is 12.1 Å². The van der Waals surface area contributed by atoms with Crippen LogP contribution in [-0.4, -0.2) is 67.0 Å². The molecule has 0 radical (unpaired) electrons. The van der Waals surface area contributed by atoms with Crippen LogP contribution in [0.25, 0.3) is 0 Å². The van der Waals surface area contributed by atoms with Gasteiger partial charge in [-0.2, -0.15) is 13.2 Å². The van der Waals surface area contributed by atoms with Crippen molar-refractivity contribution < 1.29 is 32.5 Å². The van der Waals surface area contributed by atoms with E-state index < -0.39 is 12.1 Å². The number of carbonyl (C=O) groups is 1. The van der Waals surface area contributed by atoms with Crippen LogP contribution in [0, 0.1) is 5.41 Å². The molecule has 0 aliphatic carbocycles. The fourth-order valence-electron chi connectivity index (χ4n) is 3.26. The Kier molecular flexibility index (Phi) is 6.58. The van der Waals surface area contributed by atoms with Crippen LogP contribution in [0.3, 0.4) is 0 Å². The third-order valence-corrected chi connectivity index (χ3v) is 5.03. The molecular weight excluding hydrogens is 363 g/mol. The average molecular weight is 383 g/mol. The summed E-state index contributed by atoms with van der Waals surface area (Å²) in [5.41, 5.74) is 1.93. The van der Waals surface area contributed by atoms with Crippen molar-refractivity contribution in [2.45, 2.75) is 31.5 Å². The van der Waals surface area contributed by atoms with Gasteiger partial charge in [0.25, 0.3) is 0 Å². The van der Waals surface area contributed by atoms with Gasteiger partial charge in [0.15, 0.2) is 0 Å². The Morgan fingerprint density at radius 1 is 1.60 bits per heavy atom. The minimum Gasteiger partial charge on any atom is -0.475 e. The highest BCUT2D eigenvalue weighted by atomic mass is 32.1. The Hall–Kier alpha value is -1.46. The maximum absolute atomic E-state index is 10.6. The van der Waals surface area contributed by atoms with Crippen LogP contribution in [0.5, 0.6) is 0 Å². The number of hydrogen-bond acceptors (Lipinski definition) is 7. The Morgan fingerprint density at radius 2 is 2.32 bits per heavy atom. The average Bonchev–Trinajstić information content (AvgIpc) is 3.08. The highest BCUT2D eigenvalue weighted by molar-refractivity contribution is 7.13. The predicted octanol–water partition coefficient (Wildman–Crippen LogP) is 2.19. The fraction of sp³-hybridized carbons (Fsp3) is 0.786. The standard InChI is InChI=1S/C12H19N3O2S.C2HF3O2/c1-16-8-12-4-2-6-17-10(12)3-5-15(7-12)11-14-13-9-18-11;3-2(4,5)1(6)7/h9-10H,2-8H2,1H3;(H,6,7). The molecule has 2 saturated heterocycles. The van der Waals surface area contributed by atoms with Crippen molar-refractivity contribution in [3.05, 3.63) is 5.51 Å². The number of piperidine rings is 1. The normalized spacial score (nSPS) is 26.4. The van der Waals surface area contributed by atoms with E-state index in [-0.39, 0.29) is 5.41 Å². The molecule has 2 aliphatic rings. The zero-order chi connectivity index (χ0) is 18.5. The molecule has 2 atom stereocenters. The van der Waals surface area contributed by atoms with Crippen LogP contribution in [0.4, 0.5) is 18.3 Å². The van der Waals surface area contributed by atoms with Gasteiger partial charge in [-0.05, 0) is 19.3 Å². The minimum atomic E-state index is -5.08. The number of carboxylic acids is 1. The topological polar surface area (TPSA) is 84.8 Å². The van der Waals surface area contributed by atoms with Crippen LogP contribution < -0.4 is 4.90 Å². The van der Waals surface area contributed by atoms with E-state index in [9.17, 15) is 13.2 Å². The number of anilines is 1. The molecule has 3 heterocycles. The van der Waals surface area contributed by atoms with Gasteiger partial charge in [0.2, 0.25) is 5.13 Å². The van der Waals surface area contributed by atoms with E-state index in [0.29, 0.717) is 6.10 Å². The molecule has 1 aromatic heterocycles. The third-order valence-electron chi connectivity index (χ3n) is 4.28. The van der Waals surface area contributed by atoms with E-state index in [4.69, 9.17) is 19.4 Å². The number of nitrogens with zero attached hydrogens (tertiary/aromatic N) is 3. The molecule has 1 aromatic rings. The number of fused-ring (bicyclic) bond motifs is 1. The van der Waals surface area contributed by atoms with Gasteiger partial charge < -0.3 is 19.5 Å². The SMILES string of the molecule is COCC12CCCOC1CCN(c1nncs1)C2.O=C(O)C(F)(F)F. The number of hydrogen-bond donors (Lipinski definition) is 1. The Morgan fingerprint density at radius 3 is 2.88 bits per heavy atom. The molecule has 0 aromatic carbocycles. The first-order valence-electron chi connectivity index (χ1n) is 7.70. The quantitative estimate of drug-likeness (QED) is 0.856. The van der Waals surface area contributed by atoms with Gasteiger partial charge in [-0.25, -0.2) is 4.79 Å². The number of ether oxygens (including phenoxy) is 2. The molecule has 0 bridgehead atoms. The number of methoxy groups -OCH3 is 1. The number of rotatable bonds is 3. The Labute approximate surface area is 146 Å². The monoisotopic (exact) mass is 383 g/mol. The maximum Gasteiger partial charge on any atom is 0.490 e. The van der Waals surface area contributed by atoms with Gasteiger partial charge in [0.05, 0.1) is 12.7 Å². The van der Waals surface area contributed by atoms with E-state index in [1.54, 1.807) is 24.0 Å². The molecule has 11 heteroatoms. The zero-order valence-corrected chi connectivity index (χ0v) is 14.5. The highest BCUT2D eigenvalue weighted by Crippen LogP contribution is 2.41. The summed E-state index contributed by atoms with van der Waals surface area (Å²) in [7, 11) is 1.78. The van der Waals surface area contributed by atoms with Crippen molar-refractivity contribution in [2.75, 3.05) is 38.3 Å².